The maximum atomic E-state index is 12.4. The van der Waals surface area contributed by atoms with Crippen molar-refractivity contribution in [3.05, 3.63) is 35.4 Å². The second-order valence-corrected chi connectivity index (χ2v) is 5.91. The first-order chi connectivity index (χ1) is 8.78. The summed E-state index contributed by atoms with van der Waals surface area (Å²) in [5.74, 6) is 0.0434. The summed E-state index contributed by atoms with van der Waals surface area (Å²) < 4.78 is 0. The zero-order chi connectivity index (χ0) is 14.6. The largest absolute Gasteiger partial charge is 0.396 e. The third kappa shape index (κ3) is 3.80. The minimum atomic E-state index is -0.572. The second-order valence-electron chi connectivity index (χ2n) is 5.91. The van der Waals surface area contributed by atoms with E-state index in [-0.39, 0.29) is 24.5 Å². The number of carbonyl (C=O) groups excluding carboxylic acids is 1. The monoisotopic (exact) mass is 263 g/mol. The van der Waals surface area contributed by atoms with Gasteiger partial charge in [-0.05, 0) is 39.2 Å². The van der Waals surface area contributed by atoms with Crippen molar-refractivity contribution in [2.45, 2.75) is 46.1 Å². The lowest BCUT2D eigenvalue weighted by Crippen LogP contribution is -2.46. The molecule has 19 heavy (non-hydrogen) atoms. The normalized spacial score (nSPS) is 14.8. The summed E-state index contributed by atoms with van der Waals surface area (Å²) in [4.78, 5) is 12.4. The number of aryl methyl sites for hydroxylation is 1. The van der Waals surface area contributed by atoms with Crippen molar-refractivity contribution in [2.24, 2.45) is 5.92 Å². The zero-order valence-corrected chi connectivity index (χ0v) is 12.5. The van der Waals surface area contributed by atoms with E-state index in [9.17, 15) is 4.79 Å². The van der Waals surface area contributed by atoms with Crippen LogP contribution in [-0.2, 0) is 10.2 Å². The van der Waals surface area contributed by atoms with Gasteiger partial charge in [-0.15, -0.1) is 0 Å². The third-order valence-electron chi connectivity index (χ3n) is 3.84. The number of aliphatic hydroxyl groups is 1. The Labute approximate surface area is 116 Å². The van der Waals surface area contributed by atoms with Crippen molar-refractivity contribution < 1.29 is 9.90 Å². The van der Waals surface area contributed by atoms with Gasteiger partial charge in [0.2, 0.25) is 5.91 Å². The molecule has 1 amide bonds. The van der Waals surface area contributed by atoms with E-state index < -0.39 is 5.41 Å². The molecular weight excluding hydrogens is 238 g/mol. The van der Waals surface area contributed by atoms with Gasteiger partial charge in [0.05, 0.1) is 5.41 Å². The molecule has 0 radical (unpaired) electrons. The van der Waals surface area contributed by atoms with Crippen LogP contribution in [0.25, 0.3) is 0 Å². The van der Waals surface area contributed by atoms with Gasteiger partial charge in [0.1, 0.15) is 0 Å². The maximum absolute atomic E-state index is 12.4. The van der Waals surface area contributed by atoms with E-state index in [2.05, 4.69) is 5.32 Å². The van der Waals surface area contributed by atoms with E-state index in [1.807, 2.05) is 58.9 Å². The van der Waals surface area contributed by atoms with Gasteiger partial charge in [-0.25, -0.2) is 0 Å². The Hall–Kier alpha value is -1.35. The molecule has 2 N–H and O–H groups in total. The van der Waals surface area contributed by atoms with Crippen LogP contribution in [0.5, 0.6) is 0 Å². The molecule has 0 aliphatic heterocycles. The van der Waals surface area contributed by atoms with Gasteiger partial charge in [-0.2, -0.15) is 0 Å². The van der Waals surface area contributed by atoms with Gasteiger partial charge >= 0.3 is 0 Å². The first-order valence-corrected chi connectivity index (χ1v) is 6.78. The first kappa shape index (κ1) is 15.7. The van der Waals surface area contributed by atoms with E-state index in [1.54, 1.807) is 0 Å². The van der Waals surface area contributed by atoms with Crippen LogP contribution in [-0.4, -0.2) is 23.7 Å². The van der Waals surface area contributed by atoms with Gasteiger partial charge in [0.15, 0.2) is 0 Å². The van der Waals surface area contributed by atoms with Crippen LogP contribution in [0, 0.1) is 12.8 Å². The predicted octanol–water partition coefficient (Wildman–Crippen LogP) is 2.41. The lowest BCUT2D eigenvalue weighted by molar-refractivity contribution is -0.126. The fourth-order valence-electron chi connectivity index (χ4n) is 1.79. The minimum absolute atomic E-state index is 0.0100. The van der Waals surface area contributed by atoms with Gasteiger partial charge in [0.25, 0.3) is 0 Å². The summed E-state index contributed by atoms with van der Waals surface area (Å²) in [6.45, 7) is 9.79. The Bertz CT molecular complexity index is 423. The number of aliphatic hydroxyl groups excluding tert-OH is 1. The summed E-state index contributed by atoms with van der Waals surface area (Å²) in [7, 11) is 0. The third-order valence-corrected chi connectivity index (χ3v) is 3.84. The number of nitrogens with one attached hydrogen (secondary N) is 1. The van der Waals surface area contributed by atoms with Crippen molar-refractivity contribution in [3.8, 4) is 0 Å². The van der Waals surface area contributed by atoms with Gasteiger partial charge < -0.3 is 10.4 Å². The van der Waals surface area contributed by atoms with E-state index in [4.69, 9.17) is 5.11 Å². The summed E-state index contributed by atoms with van der Waals surface area (Å²) >= 11 is 0. The standard InChI is InChI=1S/C16H25NO2/c1-11-6-8-14(9-7-11)16(4,5)15(19)17-13(3)12(2)10-18/h6-9,12-13,18H,10H2,1-5H3,(H,17,19). The first-order valence-electron chi connectivity index (χ1n) is 6.78. The second kappa shape index (κ2) is 6.20. The van der Waals surface area contributed by atoms with E-state index in [0.717, 1.165) is 5.56 Å². The molecule has 0 saturated carbocycles. The molecule has 0 spiro atoms. The SMILES string of the molecule is Cc1ccc(C(C)(C)C(=O)NC(C)C(C)CO)cc1. The molecule has 1 aromatic carbocycles. The van der Waals surface area contributed by atoms with E-state index in [0.29, 0.717) is 0 Å². The lowest BCUT2D eigenvalue weighted by Gasteiger charge is -2.28. The molecule has 1 aromatic rings. The number of carbonyl (C=O) groups is 1. The van der Waals surface area contributed by atoms with E-state index in [1.165, 1.54) is 5.56 Å². The highest BCUT2D eigenvalue weighted by atomic mass is 16.3. The zero-order valence-electron chi connectivity index (χ0n) is 12.5. The maximum Gasteiger partial charge on any atom is 0.230 e. The van der Waals surface area contributed by atoms with Crippen LogP contribution in [0.4, 0.5) is 0 Å². The summed E-state index contributed by atoms with van der Waals surface area (Å²) in [6, 6.07) is 7.99. The lowest BCUT2D eigenvalue weighted by atomic mass is 9.83. The van der Waals surface area contributed by atoms with Crippen LogP contribution in [0.1, 0.15) is 38.8 Å². The Morgan fingerprint density at radius 3 is 2.26 bits per heavy atom. The quantitative estimate of drug-likeness (QED) is 0.857. The number of amides is 1. The van der Waals surface area contributed by atoms with Crippen LogP contribution < -0.4 is 5.32 Å². The van der Waals surface area contributed by atoms with Crippen molar-refractivity contribution in [2.75, 3.05) is 6.61 Å². The summed E-state index contributed by atoms with van der Waals surface area (Å²) in [6.07, 6.45) is 0. The van der Waals surface area contributed by atoms with Crippen LogP contribution in [0.2, 0.25) is 0 Å². The van der Waals surface area contributed by atoms with Crippen LogP contribution >= 0.6 is 0 Å². The molecule has 1 rings (SSSR count). The van der Waals surface area contributed by atoms with Crippen molar-refractivity contribution in [1.29, 1.82) is 0 Å². The highest BCUT2D eigenvalue weighted by molar-refractivity contribution is 5.87. The summed E-state index contributed by atoms with van der Waals surface area (Å²) in [5.41, 5.74) is 1.61. The van der Waals surface area contributed by atoms with Crippen molar-refractivity contribution in [3.63, 3.8) is 0 Å². The van der Waals surface area contributed by atoms with Crippen LogP contribution in [0.15, 0.2) is 24.3 Å². The molecule has 0 heterocycles. The van der Waals surface area contributed by atoms with Crippen molar-refractivity contribution >= 4 is 5.91 Å². The molecule has 0 saturated heterocycles. The molecule has 3 heteroatoms. The number of benzene rings is 1. The molecule has 0 fully saturated rings. The highest BCUT2D eigenvalue weighted by Gasteiger charge is 2.31. The molecule has 0 aliphatic rings. The van der Waals surface area contributed by atoms with Crippen molar-refractivity contribution in [1.82, 2.24) is 5.32 Å². The van der Waals surface area contributed by atoms with Gasteiger partial charge in [0, 0.05) is 12.6 Å². The fraction of sp³-hybridized carbons (Fsp3) is 0.562. The van der Waals surface area contributed by atoms with E-state index >= 15 is 0 Å². The Kier molecular flexibility index (Phi) is 5.12. The predicted molar refractivity (Wildman–Crippen MR) is 78.1 cm³/mol. The number of rotatable bonds is 5. The Morgan fingerprint density at radius 2 is 1.79 bits per heavy atom. The topological polar surface area (TPSA) is 49.3 Å². The molecule has 3 nitrogen and oxygen atoms in total. The molecule has 0 aromatic heterocycles. The molecular formula is C16H25NO2. The van der Waals surface area contributed by atoms with Crippen LogP contribution in [0.3, 0.4) is 0 Å². The average Bonchev–Trinajstić information content (AvgIpc) is 2.38. The smallest absolute Gasteiger partial charge is 0.230 e. The van der Waals surface area contributed by atoms with Gasteiger partial charge in [-0.1, -0.05) is 36.8 Å². The number of hydrogen-bond donors (Lipinski definition) is 2. The Morgan fingerprint density at radius 1 is 1.26 bits per heavy atom. The Balaban J connectivity index is 2.82. The van der Waals surface area contributed by atoms with Gasteiger partial charge in [-0.3, -0.25) is 4.79 Å². The average molecular weight is 263 g/mol. The fourth-order valence-corrected chi connectivity index (χ4v) is 1.79. The molecule has 106 valence electrons. The number of hydrogen-bond acceptors (Lipinski definition) is 2. The molecule has 2 unspecified atom stereocenters. The molecule has 0 aliphatic carbocycles. The minimum Gasteiger partial charge on any atom is -0.396 e. The molecule has 0 bridgehead atoms. The highest BCUT2D eigenvalue weighted by Crippen LogP contribution is 2.24. The molecule has 2 atom stereocenters. The summed E-state index contributed by atoms with van der Waals surface area (Å²) in [5, 5.41) is 12.1.